The predicted octanol–water partition coefficient (Wildman–Crippen LogP) is -2.43. The molecule has 0 heterocycles. The molecular weight excluding hydrogens is 112 g/mol. The smallest absolute Gasteiger partial charge is 0.306 e. The molecule has 48 valence electrons. The molecule has 0 aliphatic carbocycles. The Morgan fingerprint density at radius 1 is 1.12 bits per heavy atom. The van der Waals surface area contributed by atoms with Crippen molar-refractivity contribution in [3.63, 3.8) is 0 Å². The van der Waals surface area contributed by atoms with Crippen LogP contribution in [-0.2, 0) is 9.59 Å². The molecule has 8 heavy (non-hydrogen) atoms. The molecule has 0 aromatic heterocycles. The summed E-state index contributed by atoms with van der Waals surface area (Å²) in [7, 11) is 1.00. The van der Waals surface area contributed by atoms with E-state index in [0.717, 1.165) is 7.11 Å². The van der Waals surface area contributed by atoms with Crippen molar-refractivity contribution < 1.29 is 14.7 Å². The van der Waals surface area contributed by atoms with Crippen molar-refractivity contribution >= 4 is 11.8 Å². The number of nitrogens with two attached hydrogens (primary N) is 2. The second-order valence-electron chi connectivity index (χ2n) is 0.729. The number of carbonyl (C=O) groups excluding carboxylic acids is 2. The number of aliphatic hydroxyl groups is 1. The van der Waals surface area contributed by atoms with Gasteiger partial charge in [0.25, 0.3) is 0 Å². The molecule has 0 atom stereocenters. The van der Waals surface area contributed by atoms with E-state index >= 15 is 0 Å². The Morgan fingerprint density at radius 2 is 1.25 bits per heavy atom. The first-order valence-electron chi connectivity index (χ1n) is 1.68. The zero-order valence-electron chi connectivity index (χ0n) is 4.42. The van der Waals surface area contributed by atoms with Crippen molar-refractivity contribution in [2.75, 3.05) is 7.11 Å². The summed E-state index contributed by atoms with van der Waals surface area (Å²) < 4.78 is 0. The maximum atomic E-state index is 9.45. The Hall–Kier alpha value is -1.10. The zero-order valence-corrected chi connectivity index (χ0v) is 4.42. The van der Waals surface area contributed by atoms with E-state index in [1.165, 1.54) is 0 Å². The number of hydrogen-bond donors (Lipinski definition) is 3. The van der Waals surface area contributed by atoms with Gasteiger partial charge in [-0.2, -0.15) is 0 Å². The first-order chi connectivity index (χ1) is 3.64. The van der Waals surface area contributed by atoms with Crippen LogP contribution in [0.15, 0.2) is 0 Å². The molecule has 0 aromatic carbocycles. The minimum atomic E-state index is -1.10. The molecule has 0 fully saturated rings. The van der Waals surface area contributed by atoms with Crippen molar-refractivity contribution in [2.45, 2.75) is 0 Å². The average Bonchev–Trinajstić information content (AvgIpc) is 1.72. The number of hydrogen-bond acceptors (Lipinski definition) is 3. The first kappa shape index (κ1) is 10.0. The SMILES string of the molecule is CO.NC(=O)C(N)=O. The largest absolute Gasteiger partial charge is 0.400 e. The molecule has 0 rings (SSSR count). The summed E-state index contributed by atoms with van der Waals surface area (Å²) in [5.74, 6) is -2.20. The summed E-state index contributed by atoms with van der Waals surface area (Å²) in [6.07, 6.45) is 0. The topological polar surface area (TPSA) is 106 Å². The van der Waals surface area contributed by atoms with Crippen molar-refractivity contribution in [3.05, 3.63) is 0 Å². The Morgan fingerprint density at radius 3 is 1.25 bits per heavy atom. The lowest BCUT2D eigenvalue weighted by Gasteiger charge is -1.75. The van der Waals surface area contributed by atoms with E-state index in [1.54, 1.807) is 0 Å². The fourth-order valence-electron chi connectivity index (χ4n) is 0. The van der Waals surface area contributed by atoms with E-state index < -0.39 is 11.8 Å². The van der Waals surface area contributed by atoms with Gasteiger partial charge in [0.15, 0.2) is 0 Å². The molecule has 5 nitrogen and oxygen atoms in total. The molecule has 0 aliphatic rings. The molecule has 0 aliphatic heterocycles. The highest BCUT2D eigenvalue weighted by Gasteiger charge is 1.96. The number of aliphatic hydroxyl groups excluding tert-OH is 1. The molecule has 5 N–H and O–H groups in total. The predicted molar refractivity (Wildman–Crippen MR) is 26.5 cm³/mol. The molecule has 5 heteroatoms. The van der Waals surface area contributed by atoms with Gasteiger partial charge in [0.05, 0.1) is 0 Å². The minimum absolute atomic E-state index is 1.00. The molecule has 0 saturated carbocycles. The van der Waals surface area contributed by atoms with Crippen LogP contribution in [0.3, 0.4) is 0 Å². The Kier molecular flexibility index (Phi) is 7.38. The number of rotatable bonds is 0. The van der Waals surface area contributed by atoms with Gasteiger partial charge < -0.3 is 16.6 Å². The number of amides is 2. The third-order valence-electron chi connectivity index (χ3n) is 0.243. The summed E-state index contributed by atoms with van der Waals surface area (Å²) in [4.78, 5) is 18.9. The van der Waals surface area contributed by atoms with Gasteiger partial charge in [-0.3, -0.25) is 9.59 Å². The van der Waals surface area contributed by atoms with Crippen molar-refractivity contribution in [2.24, 2.45) is 11.5 Å². The number of primary amides is 2. The summed E-state index contributed by atoms with van der Waals surface area (Å²) in [5.41, 5.74) is 8.64. The van der Waals surface area contributed by atoms with Gasteiger partial charge in [-0.05, 0) is 0 Å². The van der Waals surface area contributed by atoms with Crippen molar-refractivity contribution in [1.29, 1.82) is 0 Å². The fourth-order valence-corrected chi connectivity index (χ4v) is 0. The van der Waals surface area contributed by atoms with Crippen molar-refractivity contribution in [3.8, 4) is 0 Å². The monoisotopic (exact) mass is 120 g/mol. The third kappa shape index (κ3) is 8.86. The van der Waals surface area contributed by atoms with E-state index in [4.69, 9.17) is 5.11 Å². The quantitative estimate of drug-likeness (QED) is 0.309. The van der Waals surface area contributed by atoms with Crippen LogP contribution in [0.2, 0.25) is 0 Å². The molecule has 0 radical (unpaired) electrons. The minimum Gasteiger partial charge on any atom is -0.400 e. The van der Waals surface area contributed by atoms with Crippen LogP contribution in [-0.4, -0.2) is 24.0 Å². The molecular formula is C3H8N2O3. The van der Waals surface area contributed by atoms with E-state index in [1.807, 2.05) is 0 Å². The highest BCUT2D eigenvalue weighted by molar-refractivity contribution is 6.33. The van der Waals surface area contributed by atoms with Gasteiger partial charge >= 0.3 is 11.8 Å². The van der Waals surface area contributed by atoms with Gasteiger partial charge in [0, 0.05) is 7.11 Å². The van der Waals surface area contributed by atoms with Gasteiger partial charge in [-0.15, -0.1) is 0 Å². The standard InChI is InChI=1S/C2H4N2O2.CH4O/c3-1(5)2(4)6;1-2/h(H2,3,5)(H2,4,6);2H,1H3. The Labute approximate surface area is 46.3 Å². The lowest BCUT2D eigenvalue weighted by Crippen LogP contribution is -2.29. The summed E-state index contributed by atoms with van der Waals surface area (Å²) in [6, 6.07) is 0. The molecule has 0 spiro atoms. The van der Waals surface area contributed by atoms with Crippen LogP contribution in [0.25, 0.3) is 0 Å². The zero-order chi connectivity index (χ0) is 7.15. The summed E-state index contributed by atoms with van der Waals surface area (Å²) >= 11 is 0. The normalized spacial score (nSPS) is 6.25. The van der Waals surface area contributed by atoms with Crippen LogP contribution in [0.1, 0.15) is 0 Å². The van der Waals surface area contributed by atoms with Crippen LogP contribution in [0.5, 0.6) is 0 Å². The maximum Gasteiger partial charge on any atom is 0.306 e. The molecule has 0 bridgehead atoms. The van der Waals surface area contributed by atoms with Crippen LogP contribution in [0.4, 0.5) is 0 Å². The van der Waals surface area contributed by atoms with E-state index in [-0.39, 0.29) is 0 Å². The van der Waals surface area contributed by atoms with E-state index in [9.17, 15) is 9.59 Å². The van der Waals surface area contributed by atoms with Crippen LogP contribution >= 0.6 is 0 Å². The molecule has 0 saturated heterocycles. The van der Waals surface area contributed by atoms with E-state index in [0.29, 0.717) is 0 Å². The number of carbonyl (C=O) groups is 2. The lowest BCUT2D eigenvalue weighted by atomic mass is 10.6. The Bertz CT molecular complexity index is 78.5. The van der Waals surface area contributed by atoms with Gasteiger partial charge in [-0.25, -0.2) is 0 Å². The Balaban J connectivity index is 0. The highest BCUT2D eigenvalue weighted by atomic mass is 16.2. The van der Waals surface area contributed by atoms with Crippen LogP contribution < -0.4 is 11.5 Å². The summed E-state index contributed by atoms with van der Waals surface area (Å²) in [6.45, 7) is 0. The summed E-state index contributed by atoms with van der Waals surface area (Å²) in [5, 5.41) is 7.00. The second kappa shape index (κ2) is 5.90. The second-order valence-corrected chi connectivity index (χ2v) is 0.729. The van der Waals surface area contributed by atoms with Crippen molar-refractivity contribution in [1.82, 2.24) is 0 Å². The van der Waals surface area contributed by atoms with Gasteiger partial charge in [0.2, 0.25) is 0 Å². The highest BCUT2D eigenvalue weighted by Crippen LogP contribution is 1.44. The third-order valence-corrected chi connectivity index (χ3v) is 0.243. The first-order valence-corrected chi connectivity index (χ1v) is 1.68. The van der Waals surface area contributed by atoms with Gasteiger partial charge in [0.1, 0.15) is 0 Å². The van der Waals surface area contributed by atoms with E-state index in [2.05, 4.69) is 11.5 Å². The lowest BCUT2D eigenvalue weighted by molar-refractivity contribution is -0.135. The molecule has 2 amide bonds. The van der Waals surface area contributed by atoms with Gasteiger partial charge in [-0.1, -0.05) is 0 Å². The van der Waals surface area contributed by atoms with Crippen LogP contribution in [0, 0.1) is 0 Å². The maximum absolute atomic E-state index is 9.45. The molecule has 0 unspecified atom stereocenters. The molecule has 0 aromatic rings. The average molecular weight is 120 g/mol. The fraction of sp³-hybridized carbons (Fsp3) is 0.333.